The summed E-state index contributed by atoms with van der Waals surface area (Å²) in [4.78, 5) is 23.6. The smallest absolute Gasteiger partial charge is 0.326 e. The highest BCUT2D eigenvalue weighted by molar-refractivity contribution is 5.88. The van der Waals surface area contributed by atoms with Gasteiger partial charge >= 0.3 is 5.97 Å². The quantitative estimate of drug-likeness (QED) is 0.617. The van der Waals surface area contributed by atoms with Gasteiger partial charge in [-0.3, -0.25) is 4.79 Å². The van der Waals surface area contributed by atoms with Gasteiger partial charge < -0.3 is 20.5 Å². The molecule has 0 aliphatic carbocycles. The van der Waals surface area contributed by atoms with Crippen LogP contribution in [0.4, 0.5) is 0 Å². The van der Waals surface area contributed by atoms with Gasteiger partial charge in [0.15, 0.2) is 0 Å². The zero-order chi connectivity index (χ0) is 14.5. The number of carboxylic acid groups (broad SMARTS) is 1. The van der Waals surface area contributed by atoms with Crippen LogP contribution in [0.25, 0.3) is 0 Å². The van der Waals surface area contributed by atoms with Crippen molar-refractivity contribution in [1.82, 2.24) is 10.6 Å². The first-order valence-electron chi connectivity index (χ1n) is 6.67. The van der Waals surface area contributed by atoms with Crippen LogP contribution in [0.5, 0.6) is 0 Å². The van der Waals surface area contributed by atoms with Crippen LogP contribution >= 0.6 is 0 Å². The Morgan fingerprint density at radius 2 is 2.16 bits per heavy atom. The number of carbonyl (C=O) groups excluding carboxylic acids is 1. The van der Waals surface area contributed by atoms with Gasteiger partial charge in [-0.25, -0.2) is 4.79 Å². The number of hydrogen-bond acceptors (Lipinski definition) is 4. The molecule has 0 aromatic heterocycles. The van der Waals surface area contributed by atoms with Crippen LogP contribution in [0, 0.1) is 11.3 Å². The molecule has 0 spiro atoms. The number of hydrogen-bond donors (Lipinski definition) is 3. The van der Waals surface area contributed by atoms with E-state index in [-0.39, 0.29) is 18.2 Å². The zero-order valence-corrected chi connectivity index (χ0v) is 11.9. The Labute approximate surface area is 113 Å². The molecule has 110 valence electrons. The topological polar surface area (TPSA) is 87.7 Å². The molecule has 0 bridgehead atoms. The Balaban J connectivity index is 2.72. The lowest BCUT2D eigenvalue weighted by Crippen LogP contribution is -2.51. The fourth-order valence-corrected chi connectivity index (χ4v) is 2.46. The second kappa shape index (κ2) is 6.86. The van der Waals surface area contributed by atoms with Crippen molar-refractivity contribution in [2.24, 2.45) is 11.3 Å². The minimum Gasteiger partial charge on any atom is -0.480 e. The average Bonchev–Trinajstić information content (AvgIpc) is 2.84. The Hall–Kier alpha value is -1.14. The molecule has 1 aliphatic rings. The summed E-state index contributed by atoms with van der Waals surface area (Å²) in [5.41, 5.74) is -0.499. The molecule has 2 atom stereocenters. The molecule has 0 aromatic rings. The number of carbonyl (C=O) groups is 2. The van der Waals surface area contributed by atoms with Crippen molar-refractivity contribution in [3.63, 3.8) is 0 Å². The predicted molar refractivity (Wildman–Crippen MR) is 70.8 cm³/mol. The third kappa shape index (κ3) is 3.67. The van der Waals surface area contributed by atoms with Gasteiger partial charge in [-0.05, 0) is 18.9 Å². The summed E-state index contributed by atoms with van der Waals surface area (Å²) < 4.78 is 4.88. The lowest BCUT2D eigenvalue weighted by Gasteiger charge is -2.32. The molecule has 0 aromatic carbocycles. The first-order chi connectivity index (χ1) is 8.94. The number of nitrogens with one attached hydrogen (secondary N) is 2. The second-order valence-corrected chi connectivity index (χ2v) is 5.38. The van der Waals surface area contributed by atoms with E-state index in [4.69, 9.17) is 9.84 Å². The third-order valence-electron chi connectivity index (χ3n) is 3.96. The molecule has 2 unspecified atom stereocenters. The zero-order valence-electron chi connectivity index (χ0n) is 11.9. The van der Waals surface area contributed by atoms with Crippen molar-refractivity contribution in [2.75, 3.05) is 26.8 Å². The number of methoxy groups -OCH3 is 1. The molecule has 1 rings (SSSR count). The predicted octanol–water partition coefficient (Wildman–Crippen LogP) is 0.228. The summed E-state index contributed by atoms with van der Waals surface area (Å²) in [5.74, 6) is -1.02. The number of carboxylic acids is 1. The lowest BCUT2D eigenvalue weighted by atomic mass is 9.75. The van der Waals surface area contributed by atoms with Crippen molar-refractivity contribution >= 4 is 11.9 Å². The Kier molecular flexibility index (Phi) is 5.75. The van der Waals surface area contributed by atoms with Gasteiger partial charge in [0.2, 0.25) is 5.91 Å². The average molecular weight is 272 g/mol. The monoisotopic (exact) mass is 272 g/mol. The van der Waals surface area contributed by atoms with Crippen molar-refractivity contribution < 1.29 is 19.4 Å². The molecule has 6 heteroatoms. The van der Waals surface area contributed by atoms with E-state index in [1.165, 1.54) is 7.11 Å². The SMILES string of the molecule is COCCC(NC(=O)C1(C(C)C)CCNC1)C(=O)O. The van der Waals surface area contributed by atoms with E-state index in [1.54, 1.807) is 0 Å². The minimum atomic E-state index is -1.02. The van der Waals surface area contributed by atoms with Gasteiger partial charge in [0, 0.05) is 26.7 Å². The van der Waals surface area contributed by atoms with Gasteiger partial charge in [-0.2, -0.15) is 0 Å². The van der Waals surface area contributed by atoms with E-state index in [0.717, 1.165) is 13.0 Å². The molecule has 1 heterocycles. The number of amides is 1. The largest absolute Gasteiger partial charge is 0.480 e. The standard InChI is InChI=1S/C13H24N2O4/c1-9(2)13(5-6-14-8-13)12(18)15-10(11(16)17)4-7-19-3/h9-10,14H,4-8H2,1-3H3,(H,15,18)(H,16,17). The highest BCUT2D eigenvalue weighted by Gasteiger charge is 2.44. The Morgan fingerprint density at radius 3 is 2.58 bits per heavy atom. The summed E-state index contributed by atoms with van der Waals surface area (Å²) in [6.45, 7) is 5.70. The van der Waals surface area contributed by atoms with Gasteiger partial charge in [0.05, 0.1) is 5.41 Å². The summed E-state index contributed by atoms with van der Waals surface area (Å²) >= 11 is 0. The summed E-state index contributed by atoms with van der Waals surface area (Å²) in [5, 5.41) is 15.0. The molecule has 1 fully saturated rings. The molecule has 0 saturated carbocycles. The van der Waals surface area contributed by atoms with Gasteiger partial charge in [0.1, 0.15) is 6.04 Å². The maximum atomic E-state index is 12.4. The molecule has 6 nitrogen and oxygen atoms in total. The molecule has 19 heavy (non-hydrogen) atoms. The maximum Gasteiger partial charge on any atom is 0.326 e. The molecule has 1 amide bonds. The Bertz CT molecular complexity index is 325. The fraction of sp³-hybridized carbons (Fsp3) is 0.846. The minimum absolute atomic E-state index is 0.166. The van der Waals surface area contributed by atoms with Crippen LogP contribution in [-0.2, 0) is 14.3 Å². The molecule has 1 aliphatic heterocycles. The van der Waals surface area contributed by atoms with Gasteiger partial charge in [0.25, 0.3) is 0 Å². The highest BCUT2D eigenvalue weighted by atomic mass is 16.5. The number of ether oxygens (including phenoxy) is 1. The number of rotatable bonds is 7. The normalized spacial score (nSPS) is 24.4. The van der Waals surface area contributed by atoms with Gasteiger partial charge in [-0.1, -0.05) is 13.8 Å². The Morgan fingerprint density at radius 1 is 1.47 bits per heavy atom. The molecule has 1 saturated heterocycles. The highest BCUT2D eigenvalue weighted by Crippen LogP contribution is 2.34. The van der Waals surface area contributed by atoms with Crippen LogP contribution in [-0.4, -0.2) is 49.8 Å². The van der Waals surface area contributed by atoms with Crippen molar-refractivity contribution in [3.8, 4) is 0 Å². The van der Waals surface area contributed by atoms with Crippen LogP contribution in [0.15, 0.2) is 0 Å². The molecular weight excluding hydrogens is 248 g/mol. The molecular formula is C13H24N2O4. The van der Waals surface area contributed by atoms with Crippen molar-refractivity contribution in [1.29, 1.82) is 0 Å². The number of aliphatic carboxylic acids is 1. The van der Waals surface area contributed by atoms with Crippen LogP contribution in [0.3, 0.4) is 0 Å². The van der Waals surface area contributed by atoms with Crippen LogP contribution < -0.4 is 10.6 Å². The van der Waals surface area contributed by atoms with E-state index in [1.807, 2.05) is 13.8 Å². The van der Waals surface area contributed by atoms with Crippen LogP contribution in [0.1, 0.15) is 26.7 Å². The first-order valence-corrected chi connectivity index (χ1v) is 6.67. The third-order valence-corrected chi connectivity index (χ3v) is 3.96. The van der Waals surface area contributed by atoms with Crippen LogP contribution in [0.2, 0.25) is 0 Å². The van der Waals surface area contributed by atoms with Crippen molar-refractivity contribution in [3.05, 3.63) is 0 Å². The van der Waals surface area contributed by atoms with Crippen molar-refractivity contribution in [2.45, 2.75) is 32.7 Å². The van der Waals surface area contributed by atoms with E-state index in [9.17, 15) is 9.59 Å². The summed E-state index contributed by atoms with van der Waals surface area (Å²) in [6, 6.07) is -0.885. The van der Waals surface area contributed by atoms with E-state index in [2.05, 4.69) is 10.6 Å². The fourth-order valence-electron chi connectivity index (χ4n) is 2.46. The van der Waals surface area contributed by atoms with E-state index in [0.29, 0.717) is 13.2 Å². The first kappa shape index (κ1) is 15.9. The maximum absolute atomic E-state index is 12.4. The van der Waals surface area contributed by atoms with E-state index < -0.39 is 17.4 Å². The second-order valence-electron chi connectivity index (χ2n) is 5.38. The molecule has 3 N–H and O–H groups in total. The molecule has 0 radical (unpaired) electrons. The summed E-state index contributed by atoms with van der Waals surface area (Å²) in [6.07, 6.45) is 1.02. The van der Waals surface area contributed by atoms with E-state index >= 15 is 0 Å². The summed E-state index contributed by atoms with van der Waals surface area (Å²) in [7, 11) is 1.51. The lowest BCUT2D eigenvalue weighted by molar-refractivity contribution is -0.145. The van der Waals surface area contributed by atoms with Gasteiger partial charge in [-0.15, -0.1) is 0 Å².